The second kappa shape index (κ2) is 9.31. The first-order valence-electron chi connectivity index (χ1n) is 9.63. The van der Waals surface area contributed by atoms with Gasteiger partial charge in [0.15, 0.2) is 5.75 Å². The van der Waals surface area contributed by atoms with Gasteiger partial charge in [-0.05, 0) is 73.5 Å². The standard InChI is InChI=1S/C22H20FNO8S2/c1-13-9-16(24-33(28,29)12-21(26)27)10-14(2)22(13)32-17-5-8-19(25)20(11-17)34(30,31)18-6-3-15(23)4-7-18/h3-11,24-25H,12H2,1-2H3,(H,26,27). The van der Waals surface area contributed by atoms with E-state index >= 15 is 0 Å². The molecule has 0 heterocycles. The van der Waals surface area contributed by atoms with E-state index in [0.29, 0.717) is 16.9 Å². The van der Waals surface area contributed by atoms with Gasteiger partial charge in [0.25, 0.3) is 0 Å². The van der Waals surface area contributed by atoms with Gasteiger partial charge in [-0.25, -0.2) is 21.2 Å². The van der Waals surface area contributed by atoms with Crippen molar-refractivity contribution in [2.24, 2.45) is 0 Å². The highest BCUT2D eigenvalue weighted by Gasteiger charge is 2.23. The minimum Gasteiger partial charge on any atom is -0.507 e. The highest BCUT2D eigenvalue weighted by molar-refractivity contribution is 7.93. The minimum atomic E-state index is -4.18. The highest BCUT2D eigenvalue weighted by Crippen LogP contribution is 2.36. The number of halogens is 1. The molecule has 0 unspecified atom stereocenters. The summed E-state index contributed by atoms with van der Waals surface area (Å²) in [7, 11) is -8.28. The van der Waals surface area contributed by atoms with Gasteiger partial charge in [0.1, 0.15) is 28.0 Å². The zero-order valence-corrected chi connectivity index (χ0v) is 19.6. The van der Waals surface area contributed by atoms with E-state index in [4.69, 9.17) is 9.84 Å². The van der Waals surface area contributed by atoms with Crippen molar-refractivity contribution >= 4 is 31.5 Å². The largest absolute Gasteiger partial charge is 0.507 e. The number of carbonyl (C=O) groups is 1. The summed E-state index contributed by atoms with van der Waals surface area (Å²) in [4.78, 5) is 10.1. The Balaban J connectivity index is 1.93. The number of carboxylic acids is 1. The maximum atomic E-state index is 13.2. The summed E-state index contributed by atoms with van der Waals surface area (Å²) in [6.07, 6.45) is 0. The Morgan fingerprint density at radius 1 is 0.971 bits per heavy atom. The quantitative estimate of drug-likeness (QED) is 0.390. The number of sulfone groups is 1. The van der Waals surface area contributed by atoms with Gasteiger partial charge in [0.05, 0.1) is 4.90 Å². The Hall–Kier alpha value is -3.64. The van der Waals surface area contributed by atoms with E-state index in [9.17, 15) is 31.1 Å². The normalized spacial score (nSPS) is 11.7. The molecule has 0 aliphatic heterocycles. The number of aryl methyl sites for hydroxylation is 2. The number of aliphatic carboxylic acids is 1. The minimum absolute atomic E-state index is 0.0731. The second-order valence-corrected chi connectivity index (χ2v) is 11.0. The monoisotopic (exact) mass is 509 g/mol. The number of sulfonamides is 1. The summed E-state index contributed by atoms with van der Waals surface area (Å²) >= 11 is 0. The molecule has 12 heteroatoms. The van der Waals surface area contributed by atoms with Crippen LogP contribution in [0.1, 0.15) is 11.1 Å². The van der Waals surface area contributed by atoms with Crippen LogP contribution in [0.2, 0.25) is 0 Å². The summed E-state index contributed by atoms with van der Waals surface area (Å²) in [5.41, 5.74) is 1.09. The zero-order valence-electron chi connectivity index (χ0n) is 17.9. The van der Waals surface area contributed by atoms with Crippen molar-refractivity contribution in [3.63, 3.8) is 0 Å². The number of phenolic OH excluding ortho intramolecular Hbond substituents is 1. The van der Waals surface area contributed by atoms with Crippen LogP contribution in [-0.4, -0.2) is 38.8 Å². The number of rotatable bonds is 8. The van der Waals surface area contributed by atoms with Gasteiger partial charge in [-0.3, -0.25) is 9.52 Å². The van der Waals surface area contributed by atoms with Crippen molar-refractivity contribution in [2.45, 2.75) is 23.6 Å². The molecular formula is C22H20FNO8S2. The van der Waals surface area contributed by atoms with E-state index in [2.05, 4.69) is 4.72 Å². The first-order valence-corrected chi connectivity index (χ1v) is 12.8. The third kappa shape index (κ3) is 5.64. The number of phenols is 1. The van der Waals surface area contributed by atoms with Gasteiger partial charge < -0.3 is 14.9 Å². The molecule has 0 saturated heterocycles. The van der Waals surface area contributed by atoms with Crippen molar-refractivity contribution in [1.29, 1.82) is 0 Å². The number of benzene rings is 3. The number of anilines is 1. The molecule has 3 aromatic rings. The molecule has 0 aromatic heterocycles. The average Bonchev–Trinajstić information content (AvgIpc) is 2.70. The summed E-state index contributed by atoms with van der Waals surface area (Å²) in [6, 6.07) is 10.6. The first-order chi connectivity index (χ1) is 15.8. The van der Waals surface area contributed by atoms with Crippen LogP contribution in [0.15, 0.2) is 64.4 Å². The molecule has 3 rings (SSSR count). The van der Waals surface area contributed by atoms with Crippen LogP contribution in [-0.2, 0) is 24.7 Å². The molecule has 0 saturated carbocycles. The Labute approximate surface area is 195 Å². The van der Waals surface area contributed by atoms with Crippen LogP contribution in [0.5, 0.6) is 17.2 Å². The molecule has 0 atom stereocenters. The summed E-state index contributed by atoms with van der Waals surface area (Å²) < 4.78 is 70.8. The fourth-order valence-corrected chi connectivity index (χ4v) is 5.42. The number of ether oxygens (including phenoxy) is 1. The number of aromatic hydroxyl groups is 1. The van der Waals surface area contributed by atoms with Crippen LogP contribution < -0.4 is 9.46 Å². The Bertz CT molecular complexity index is 1440. The van der Waals surface area contributed by atoms with Crippen molar-refractivity contribution < 1.29 is 41.0 Å². The fourth-order valence-electron chi connectivity index (χ4n) is 3.18. The van der Waals surface area contributed by atoms with Gasteiger partial charge in [-0.2, -0.15) is 0 Å². The third-order valence-corrected chi connectivity index (χ3v) is 7.58. The molecule has 3 aromatic carbocycles. The lowest BCUT2D eigenvalue weighted by molar-refractivity contribution is -0.134. The molecule has 9 nitrogen and oxygen atoms in total. The van der Waals surface area contributed by atoms with E-state index in [-0.39, 0.29) is 16.3 Å². The van der Waals surface area contributed by atoms with Gasteiger partial charge in [-0.1, -0.05) is 0 Å². The maximum Gasteiger partial charge on any atom is 0.320 e. The molecule has 0 spiro atoms. The van der Waals surface area contributed by atoms with Gasteiger partial charge in [-0.15, -0.1) is 0 Å². The molecular weight excluding hydrogens is 489 g/mol. The molecule has 3 N–H and O–H groups in total. The third-order valence-electron chi connectivity index (χ3n) is 4.61. The number of nitrogens with one attached hydrogen (secondary N) is 1. The first kappa shape index (κ1) is 25.0. The molecule has 180 valence electrons. The molecule has 34 heavy (non-hydrogen) atoms. The van der Waals surface area contributed by atoms with E-state index in [1.807, 2.05) is 0 Å². The Morgan fingerprint density at radius 3 is 2.12 bits per heavy atom. The van der Waals surface area contributed by atoms with E-state index in [1.54, 1.807) is 13.8 Å². The van der Waals surface area contributed by atoms with Crippen molar-refractivity contribution in [1.82, 2.24) is 0 Å². The number of hydrogen-bond acceptors (Lipinski definition) is 7. The summed E-state index contributed by atoms with van der Waals surface area (Å²) in [6.45, 7) is 3.24. The van der Waals surface area contributed by atoms with Crippen molar-refractivity contribution in [3.05, 3.63) is 71.5 Å². The Morgan fingerprint density at radius 2 is 1.56 bits per heavy atom. The number of carboxylic acid groups (broad SMARTS) is 1. The van der Waals surface area contributed by atoms with E-state index in [0.717, 1.165) is 36.4 Å². The lowest BCUT2D eigenvalue weighted by Crippen LogP contribution is -2.22. The van der Waals surface area contributed by atoms with Crippen LogP contribution in [0.4, 0.5) is 10.1 Å². The smallest absolute Gasteiger partial charge is 0.320 e. The maximum absolute atomic E-state index is 13.2. The zero-order chi connectivity index (χ0) is 25.3. The summed E-state index contributed by atoms with van der Waals surface area (Å²) in [5.74, 6) is -3.35. The van der Waals surface area contributed by atoms with Crippen LogP contribution in [0.3, 0.4) is 0 Å². The van der Waals surface area contributed by atoms with Crippen LogP contribution >= 0.6 is 0 Å². The molecule has 0 fully saturated rings. The van der Waals surface area contributed by atoms with E-state index in [1.165, 1.54) is 18.2 Å². The predicted molar refractivity (Wildman–Crippen MR) is 121 cm³/mol. The molecule has 0 aliphatic carbocycles. The van der Waals surface area contributed by atoms with Crippen LogP contribution in [0.25, 0.3) is 0 Å². The van der Waals surface area contributed by atoms with Crippen molar-refractivity contribution in [3.8, 4) is 17.2 Å². The van der Waals surface area contributed by atoms with E-state index < -0.39 is 48.0 Å². The fraction of sp³-hybridized carbons (Fsp3) is 0.136. The number of hydrogen-bond donors (Lipinski definition) is 3. The topological polar surface area (TPSA) is 147 Å². The molecule has 0 amide bonds. The molecule has 0 radical (unpaired) electrons. The van der Waals surface area contributed by atoms with Gasteiger partial charge >= 0.3 is 5.97 Å². The molecule has 0 aliphatic rings. The molecule has 0 bridgehead atoms. The lowest BCUT2D eigenvalue weighted by Gasteiger charge is -2.16. The van der Waals surface area contributed by atoms with Crippen molar-refractivity contribution in [2.75, 3.05) is 10.5 Å². The van der Waals surface area contributed by atoms with Crippen LogP contribution in [0, 0.1) is 19.7 Å². The van der Waals surface area contributed by atoms with Gasteiger partial charge in [0.2, 0.25) is 19.9 Å². The average molecular weight is 510 g/mol. The van der Waals surface area contributed by atoms with Gasteiger partial charge in [0, 0.05) is 11.8 Å². The lowest BCUT2D eigenvalue weighted by atomic mass is 10.1. The summed E-state index contributed by atoms with van der Waals surface area (Å²) in [5, 5.41) is 18.9. The SMILES string of the molecule is Cc1cc(NS(=O)(=O)CC(=O)O)cc(C)c1Oc1ccc(O)c(S(=O)(=O)c2ccc(F)cc2)c1. The Kier molecular flexibility index (Phi) is 6.84. The second-order valence-electron chi connectivity index (χ2n) is 7.38. The highest BCUT2D eigenvalue weighted by atomic mass is 32.2. The predicted octanol–water partition coefficient (Wildman–Crippen LogP) is 3.60.